The maximum Gasteiger partial charge on any atom is 0.273 e. The molecule has 2 aromatic rings. The fourth-order valence-electron chi connectivity index (χ4n) is 2.54. The number of likely N-dealkylation sites (N-methyl/N-ethyl adjacent to an activating group) is 1. The van der Waals surface area contributed by atoms with Gasteiger partial charge in [0.2, 0.25) is 0 Å². The summed E-state index contributed by atoms with van der Waals surface area (Å²) in [5.41, 5.74) is 1.48. The summed E-state index contributed by atoms with van der Waals surface area (Å²) < 4.78 is 0. The number of benzene rings is 1. The highest BCUT2D eigenvalue weighted by Gasteiger charge is 2.21. The van der Waals surface area contributed by atoms with Crippen LogP contribution in [0, 0.1) is 0 Å². The van der Waals surface area contributed by atoms with E-state index in [1.54, 1.807) is 0 Å². The molecule has 1 aromatic heterocycles. The Bertz CT molecular complexity index is 673. The molecule has 0 saturated carbocycles. The van der Waals surface area contributed by atoms with Crippen LogP contribution in [0.2, 0.25) is 5.02 Å². The van der Waals surface area contributed by atoms with Crippen molar-refractivity contribution in [1.29, 1.82) is 0 Å². The number of halogens is 1. The number of hydrogen-bond acceptors (Lipinski definition) is 4. The molecule has 1 aliphatic heterocycles. The molecular formula is C16H18ClN3OS. The predicted molar refractivity (Wildman–Crippen MR) is 90.6 cm³/mol. The van der Waals surface area contributed by atoms with Gasteiger partial charge in [0.15, 0.2) is 0 Å². The first kappa shape index (κ1) is 15.5. The van der Waals surface area contributed by atoms with E-state index in [0.29, 0.717) is 10.7 Å². The smallest absolute Gasteiger partial charge is 0.273 e. The van der Waals surface area contributed by atoms with E-state index in [1.165, 1.54) is 11.3 Å². The normalized spacial score (nSPS) is 16.5. The van der Waals surface area contributed by atoms with E-state index in [4.69, 9.17) is 11.6 Å². The van der Waals surface area contributed by atoms with Gasteiger partial charge in [0.25, 0.3) is 5.91 Å². The zero-order valence-corrected chi connectivity index (χ0v) is 14.0. The monoisotopic (exact) mass is 335 g/mol. The molecule has 4 nitrogen and oxygen atoms in total. The molecule has 0 aliphatic carbocycles. The van der Waals surface area contributed by atoms with Crippen LogP contribution in [0.1, 0.15) is 16.9 Å². The second-order valence-electron chi connectivity index (χ2n) is 5.50. The molecule has 0 radical (unpaired) electrons. The maximum atomic E-state index is 12.6. The molecule has 2 heterocycles. The number of thiazole rings is 1. The van der Waals surface area contributed by atoms with Gasteiger partial charge in [-0.3, -0.25) is 4.79 Å². The lowest BCUT2D eigenvalue weighted by Crippen LogP contribution is -2.34. The average Bonchev–Trinajstić information content (AvgIpc) is 2.90. The minimum absolute atomic E-state index is 0.0276. The fraction of sp³-hybridized carbons (Fsp3) is 0.375. The molecule has 6 heteroatoms. The van der Waals surface area contributed by atoms with E-state index in [0.717, 1.165) is 43.2 Å². The van der Waals surface area contributed by atoms with Gasteiger partial charge in [-0.25, -0.2) is 4.98 Å². The average molecular weight is 336 g/mol. The second kappa shape index (κ2) is 6.77. The van der Waals surface area contributed by atoms with Crippen molar-refractivity contribution < 1.29 is 4.79 Å². The standard InChI is InChI=1S/C16H18ClN3OS/c1-19-6-3-7-20(9-8-19)16(21)14-11-22-15(18-14)12-4-2-5-13(17)10-12/h2,4-5,10-11H,3,6-9H2,1H3. The van der Waals surface area contributed by atoms with Crippen LogP contribution < -0.4 is 0 Å². The molecule has 22 heavy (non-hydrogen) atoms. The third-order valence-corrected chi connectivity index (χ3v) is 4.93. The number of carbonyl (C=O) groups excluding carboxylic acids is 1. The van der Waals surface area contributed by atoms with Gasteiger partial charge in [0, 0.05) is 35.6 Å². The van der Waals surface area contributed by atoms with Gasteiger partial charge in [-0.15, -0.1) is 11.3 Å². The SMILES string of the molecule is CN1CCCN(C(=O)c2csc(-c3cccc(Cl)c3)n2)CC1. The van der Waals surface area contributed by atoms with Gasteiger partial charge in [0.05, 0.1) is 0 Å². The maximum absolute atomic E-state index is 12.6. The Morgan fingerprint density at radius 3 is 2.95 bits per heavy atom. The summed E-state index contributed by atoms with van der Waals surface area (Å²) in [5, 5.41) is 3.35. The molecule has 116 valence electrons. The zero-order valence-electron chi connectivity index (χ0n) is 12.5. The van der Waals surface area contributed by atoms with Crippen LogP contribution in [0.15, 0.2) is 29.6 Å². The molecule has 0 unspecified atom stereocenters. The van der Waals surface area contributed by atoms with Crippen molar-refractivity contribution in [3.05, 3.63) is 40.4 Å². The minimum Gasteiger partial charge on any atom is -0.336 e. The van der Waals surface area contributed by atoms with Crippen molar-refractivity contribution >= 4 is 28.8 Å². The number of hydrogen-bond donors (Lipinski definition) is 0. The first-order valence-corrected chi connectivity index (χ1v) is 8.58. The van der Waals surface area contributed by atoms with Crippen molar-refractivity contribution in [2.24, 2.45) is 0 Å². The number of amides is 1. The van der Waals surface area contributed by atoms with Gasteiger partial charge in [-0.2, -0.15) is 0 Å². The van der Waals surface area contributed by atoms with Crippen LogP contribution >= 0.6 is 22.9 Å². The van der Waals surface area contributed by atoms with Crippen molar-refractivity contribution in [3.63, 3.8) is 0 Å². The van der Waals surface area contributed by atoms with Gasteiger partial charge in [0.1, 0.15) is 10.7 Å². The molecule has 1 aromatic carbocycles. The number of nitrogens with zero attached hydrogens (tertiary/aromatic N) is 3. The van der Waals surface area contributed by atoms with E-state index >= 15 is 0 Å². The van der Waals surface area contributed by atoms with Crippen molar-refractivity contribution in [2.75, 3.05) is 33.2 Å². The van der Waals surface area contributed by atoms with Crippen LogP contribution in [-0.2, 0) is 0 Å². The lowest BCUT2D eigenvalue weighted by molar-refractivity contribution is 0.0758. The first-order valence-electron chi connectivity index (χ1n) is 7.33. The highest BCUT2D eigenvalue weighted by molar-refractivity contribution is 7.13. The first-order chi connectivity index (χ1) is 10.6. The van der Waals surface area contributed by atoms with Gasteiger partial charge in [-0.05, 0) is 32.1 Å². The van der Waals surface area contributed by atoms with E-state index in [9.17, 15) is 4.79 Å². The highest BCUT2D eigenvalue weighted by atomic mass is 35.5. The van der Waals surface area contributed by atoms with E-state index in [-0.39, 0.29) is 5.91 Å². The lowest BCUT2D eigenvalue weighted by Gasteiger charge is -2.19. The Balaban J connectivity index is 1.77. The summed E-state index contributed by atoms with van der Waals surface area (Å²) in [7, 11) is 2.09. The van der Waals surface area contributed by atoms with Gasteiger partial charge in [-0.1, -0.05) is 23.7 Å². The molecule has 0 atom stereocenters. The third-order valence-electron chi connectivity index (χ3n) is 3.80. The van der Waals surface area contributed by atoms with E-state index < -0.39 is 0 Å². The molecule has 3 rings (SSSR count). The number of rotatable bonds is 2. The Morgan fingerprint density at radius 2 is 2.14 bits per heavy atom. The highest BCUT2D eigenvalue weighted by Crippen LogP contribution is 2.26. The van der Waals surface area contributed by atoms with Crippen molar-refractivity contribution in [2.45, 2.75) is 6.42 Å². The quantitative estimate of drug-likeness (QED) is 0.845. The molecule has 1 saturated heterocycles. The van der Waals surface area contributed by atoms with Crippen molar-refractivity contribution in [1.82, 2.24) is 14.8 Å². The summed E-state index contributed by atoms with van der Waals surface area (Å²) in [5.74, 6) is 0.0276. The Morgan fingerprint density at radius 1 is 1.27 bits per heavy atom. The predicted octanol–water partition coefficient (Wildman–Crippen LogP) is 3.24. The van der Waals surface area contributed by atoms with Crippen LogP contribution in [0.25, 0.3) is 10.6 Å². The summed E-state index contributed by atoms with van der Waals surface area (Å²) in [4.78, 5) is 21.3. The molecule has 1 fully saturated rings. The largest absolute Gasteiger partial charge is 0.336 e. The summed E-state index contributed by atoms with van der Waals surface area (Å²) >= 11 is 7.50. The zero-order chi connectivity index (χ0) is 15.5. The topological polar surface area (TPSA) is 36.4 Å². The second-order valence-corrected chi connectivity index (χ2v) is 6.79. The van der Waals surface area contributed by atoms with E-state index in [2.05, 4.69) is 16.9 Å². The van der Waals surface area contributed by atoms with Crippen LogP contribution in [0.4, 0.5) is 0 Å². The van der Waals surface area contributed by atoms with Crippen LogP contribution in [-0.4, -0.2) is 53.9 Å². The Kier molecular flexibility index (Phi) is 4.76. The van der Waals surface area contributed by atoms with Gasteiger partial charge >= 0.3 is 0 Å². The van der Waals surface area contributed by atoms with Gasteiger partial charge < -0.3 is 9.80 Å². The summed E-state index contributed by atoms with van der Waals surface area (Å²) in [6.07, 6.45) is 1.01. The van der Waals surface area contributed by atoms with Crippen LogP contribution in [0.3, 0.4) is 0 Å². The van der Waals surface area contributed by atoms with Crippen molar-refractivity contribution in [3.8, 4) is 10.6 Å². The molecule has 0 bridgehead atoms. The molecule has 1 aliphatic rings. The molecular weight excluding hydrogens is 318 g/mol. The number of carbonyl (C=O) groups is 1. The fourth-order valence-corrected chi connectivity index (χ4v) is 3.52. The summed E-state index contributed by atoms with van der Waals surface area (Å²) in [6, 6.07) is 7.55. The summed E-state index contributed by atoms with van der Waals surface area (Å²) in [6.45, 7) is 3.51. The molecule has 0 N–H and O–H groups in total. The van der Waals surface area contributed by atoms with Crippen LogP contribution in [0.5, 0.6) is 0 Å². The molecule has 0 spiro atoms. The van der Waals surface area contributed by atoms with E-state index in [1.807, 2.05) is 34.5 Å². The Hall–Kier alpha value is -1.43. The number of aromatic nitrogens is 1. The minimum atomic E-state index is 0.0276. The Labute approximate surface area is 139 Å². The molecule has 1 amide bonds. The lowest BCUT2D eigenvalue weighted by atomic mass is 10.2. The third kappa shape index (κ3) is 3.48.